The summed E-state index contributed by atoms with van der Waals surface area (Å²) >= 11 is 0. The van der Waals surface area contributed by atoms with Crippen molar-refractivity contribution in [2.45, 2.75) is 44.6 Å². The third-order valence-electron chi connectivity index (χ3n) is 5.56. The van der Waals surface area contributed by atoms with Gasteiger partial charge in [0.05, 0.1) is 0 Å². The molecule has 0 bridgehead atoms. The molecule has 0 radical (unpaired) electrons. The molecule has 1 unspecified atom stereocenters. The average Bonchev–Trinajstić information content (AvgIpc) is 2.88. The van der Waals surface area contributed by atoms with Crippen molar-refractivity contribution in [3.8, 4) is 0 Å². The normalized spacial score (nSPS) is 40.7. The van der Waals surface area contributed by atoms with E-state index in [0.717, 1.165) is 18.3 Å². The van der Waals surface area contributed by atoms with E-state index in [4.69, 9.17) is 0 Å². The molecule has 1 N–H and O–H groups in total. The number of aliphatic hydroxyl groups is 1. The molecule has 0 amide bonds. The summed E-state index contributed by atoms with van der Waals surface area (Å²) in [6, 6.07) is 0. The van der Waals surface area contributed by atoms with E-state index in [1.807, 2.05) is 0 Å². The Labute approximate surface area is 113 Å². The fourth-order valence-electron chi connectivity index (χ4n) is 4.64. The number of hydrogen-bond acceptors (Lipinski definition) is 2. The number of hydrogen-bond donors (Lipinski definition) is 1. The summed E-state index contributed by atoms with van der Waals surface area (Å²) < 4.78 is 0. The molecule has 2 nitrogen and oxygen atoms in total. The van der Waals surface area contributed by atoms with Gasteiger partial charge < -0.3 is 5.11 Å². The van der Waals surface area contributed by atoms with Crippen LogP contribution in [0.2, 0.25) is 0 Å². The fraction of sp³-hybridized carbons (Fsp3) is 0.588. The Morgan fingerprint density at radius 2 is 2.11 bits per heavy atom. The van der Waals surface area contributed by atoms with Crippen LogP contribution in [0.25, 0.3) is 0 Å². The smallest absolute Gasteiger partial charge is 0.169 e. The summed E-state index contributed by atoms with van der Waals surface area (Å²) in [5.74, 6) is 2.24. The molecule has 1 saturated carbocycles. The Balaban J connectivity index is 1.80. The Hall–Kier alpha value is -1.15. The van der Waals surface area contributed by atoms with Crippen LogP contribution >= 0.6 is 0 Å². The molecular weight excluding hydrogens is 236 g/mol. The summed E-state index contributed by atoms with van der Waals surface area (Å²) in [6.07, 6.45) is 12.4. The van der Waals surface area contributed by atoms with E-state index in [9.17, 15) is 9.90 Å². The molecule has 0 heterocycles. The zero-order valence-corrected chi connectivity index (χ0v) is 11.1. The third kappa shape index (κ3) is 1.69. The SMILES string of the molecule is O=C1CC2=C3C=C[C@@H]4CCC[C@H]4[C@@H]3CCC2=CC1O. The Morgan fingerprint density at radius 3 is 3.00 bits per heavy atom. The Kier molecular flexibility index (Phi) is 2.56. The van der Waals surface area contributed by atoms with E-state index < -0.39 is 6.10 Å². The van der Waals surface area contributed by atoms with Crippen molar-refractivity contribution in [3.63, 3.8) is 0 Å². The monoisotopic (exact) mass is 256 g/mol. The van der Waals surface area contributed by atoms with Gasteiger partial charge in [-0.15, -0.1) is 0 Å². The zero-order chi connectivity index (χ0) is 13.0. The second-order valence-electron chi connectivity index (χ2n) is 6.48. The summed E-state index contributed by atoms with van der Waals surface area (Å²) in [7, 11) is 0. The van der Waals surface area contributed by atoms with Gasteiger partial charge in [-0.1, -0.05) is 18.6 Å². The lowest BCUT2D eigenvalue weighted by Crippen LogP contribution is -2.31. The summed E-state index contributed by atoms with van der Waals surface area (Å²) in [4.78, 5) is 11.8. The number of rotatable bonds is 0. The minimum atomic E-state index is -0.859. The van der Waals surface area contributed by atoms with Crippen LogP contribution in [0, 0.1) is 17.8 Å². The Morgan fingerprint density at radius 1 is 1.21 bits per heavy atom. The largest absolute Gasteiger partial charge is 0.381 e. The number of carbonyl (C=O) groups excluding carboxylic acids is 1. The van der Waals surface area contributed by atoms with Crippen molar-refractivity contribution >= 4 is 5.78 Å². The zero-order valence-electron chi connectivity index (χ0n) is 11.1. The number of carbonyl (C=O) groups is 1. The Bertz CT molecular complexity index is 523. The van der Waals surface area contributed by atoms with Gasteiger partial charge in [0.25, 0.3) is 0 Å². The predicted octanol–water partition coefficient (Wildman–Crippen LogP) is 2.94. The van der Waals surface area contributed by atoms with Gasteiger partial charge in [-0.05, 0) is 66.2 Å². The minimum Gasteiger partial charge on any atom is -0.381 e. The van der Waals surface area contributed by atoms with Crippen molar-refractivity contribution in [1.82, 2.24) is 0 Å². The lowest BCUT2D eigenvalue weighted by molar-refractivity contribution is -0.124. The van der Waals surface area contributed by atoms with Crippen molar-refractivity contribution < 1.29 is 9.90 Å². The van der Waals surface area contributed by atoms with E-state index in [1.165, 1.54) is 42.4 Å². The number of allylic oxidation sites excluding steroid dienone is 5. The first-order chi connectivity index (χ1) is 9.24. The molecule has 100 valence electrons. The topological polar surface area (TPSA) is 37.3 Å². The number of fused-ring (bicyclic) bond motifs is 4. The van der Waals surface area contributed by atoms with Gasteiger partial charge in [0, 0.05) is 6.42 Å². The highest BCUT2D eigenvalue weighted by atomic mass is 16.3. The van der Waals surface area contributed by atoms with Crippen LogP contribution in [0.3, 0.4) is 0 Å². The molecule has 0 aromatic heterocycles. The predicted molar refractivity (Wildman–Crippen MR) is 73.4 cm³/mol. The van der Waals surface area contributed by atoms with Crippen LogP contribution in [0.4, 0.5) is 0 Å². The summed E-state index contributed by atoms with van der Waals surface area (Å²) in [6.45, 7) is 0. The summed E-state index contributed by atoms with van der Waals surface area (Å²) in [5.41, 5.74) is 3.90. The molecule has 1 fully saturated rings. The molecule has 0 saturated heterocycles. The van der Waals surface area contributed by atoms with Crippen molar-refractivity contribution in [2.24, 2.45) is 17.8 Å². The highest BCUT2D eigenvalue weighted by Gasteiger charge is 2.40. The lowest BCUT2D eigenvalue weighted by atomic mass is 9.66. The second kappa shape index (κ2) is 4.17. The number of Topliss-reactive ketones (excluding diaryl/α,β-unsaturated/α-hetero) is 1. The average molecular weight is 256 g/mol. The van der Waals surface area contributed by atoms with E-state index >= 15 is 0 Å². The molecule has 0 aromatic carbocycles. The van der Waals surface area contributed by atoms with E-state index in [2.05, 4.69) is 12.2 Å². The van der Waals surface area contributed by atoms with Gasteiger partial charge in [0.15, 0.2) is 5.78 Å². The van der Waals surface area contributed by atoms with Crippen LogP contribution in [0.5, 0.6) is 0 Å². The van der Waals surface area contributed by atoms with Gasteiger partial charge in [-0.3, -0.25) is 4.79 Å². The van der Waals surface area contributed by atoms with E-state index in [1.54, 1.807) is 6.08 Å². The van der Waals surface area contributed by atoms with E-state index in [-0.39, 0.29) is 5.78 Å². The highest BCUT2D eigenvalue weighted by molar-refractivity contribution is 5.90. The van der Waals surface area contributed by atoms with Gasteiger partial charge in [0.2, 0.25) is 0 Å². The van der Waals surface area contributed by atoms with Crippen molar-refractivity contribution in [1.29, 1.82) is 0 Å². The fourth-order valence-corrected chi connectivity index (χ4v) is 4.64. The highest BCUT2D eigenvalue weighted by Crippen LogP contribution is 2.51. The van der Waals surface area contributed by atoms with Gasteiger partial charge in [-0.25, -0.2) is 0 Å². The molecule has 4 atom stereocenters. The molecule has 2 heteroatoms. The van der Waals surface area contributed by atoms with Crippen LogP contribution < -0.4 is 0 Å². The van der Waals surface area contributed by atoms with Crippen LogP contribution in [-0.2, 0) is 4.79 Å². The molecule has 0 aliphatic heterocycles. The van der Waals surface area contributed by atoms with Crippen molar-refractivity contribution in [2.75, 3.05) is 0 Å². The van der Waals surface area contributed by atoms with Crippen LogP contribution in [0.15, 0.2) is 34.9 Å². The molecule has 0 aromatic rings. The van der Waals surface area contributed by atoms with E-state index in [0.29, 0.717) is 12.3 Å². The maximum atomic E-state index is 11.8. The molecule has 4 rings (SSSR count). The van der Waals surface area contributed by atoms with Gasteiger partial charge in [-0.2, -0.15) is 0 Å². The summed E-state index contributed by atoms with van der Waals surface area (Å²) in [5, 5.41) is 9.70. The first kappa shape index (κ1) is 11.7. The second-order valence-corrected chi connectivity index (χ2v) is 6.48. The number of ketones is 1. The first-order valence-corrected chi connectivity index (χ1v) is 7.57. The first-order valence-electron chi connectivity index (χ1n) is 7.57. The standard InChI is InChI=1S/C17H20O2/c18-16-8-11-5-7-13-12-3-1-2-10(12)4-6-14(13)15(11)9-17(16)19/h4,6,8,10,12-13,16,18H,1-3,5,7,9H2/t10-,12+,13-,16?/m0/s1. The molecule has 4 aliphatic carbocycles. The quantitative estimate of drug-likeness (QED) is 0.723. The molecular formula is C17H20O2. The number of aliphatic hydroxyl groups excluding tert-OH is 1. The molecule has 0 spiro atoms. The maximum absolute atomic E-state index is 11.8. The minimum absolute atomic E-state index is 0.0335. The van der Waals surface area contributed by atoms with Crippen LogP contribution in [-0.4, -0.2) is 17.0 Å². The lowest BCUT2D eigenvalue weighted by Gasteiger charge is -2.39. The van der Waals surface area contributed by atoms with Gasteiger partial charge >= 0.3 is 0 Å². The molecule has 19 heavy (non-hydrogen) atoms. The maximum Gasteiger partial charge on any atom is 0.169 e. The van der Waals surface area contributed by atoms with Crippen LogP contribution in [0.1, 0.15) is 38.5 Å². The third-order valence-corrected chi connectivity index (χ3v) is 5.56. The van der Waals surface area contributed by atoms with Crippen molar-refractivity contribution in [3.05, 3.63) is 34.9 Å². The van der Waals surface area contributed by atoms with Gasteiger partial charge in [0.1, 0.15) is 6.10 Å². The molecule has 4 aliphatic rings.